The Balaban J connectivity index is 3.53. The van der Waals surface area contributed by atoms with Crippen LogP contribution in [0.5, 0.6) is 0 Å². The summed E-state index contributed by atoms with van der Waals surface area (Å²) in [7, 11) is 0. The first-order valence-electron chi connectivity index (χ1n) is 10.2. The van der Waals surface area contributed by atoms with Crippen molar-refractivity contribution in [1.82, 2.24) is 0 Å². The molecule has 0 aliphatic heterocycles. The van der Waals surface area contributed by atoms with E-state index in [0.29, 0.717) is 5.41 Å². The van der Waals surface area contributed by atoms with Crippen LogP contribution in [-0.2, 0) is 0 Å². The van der Waals surface area contributed by atoms with Crippen molar-refractivity contribution in [3.8, 4) is 0 Å². The molecule has 0 aromatic carbocycles. The summed E-state index contributed by atoms with van der Waals surface area (Å²) in [5.41, 5.74) is 0.677. The van der Waals surface area contributed by atoms with Crippen LogP contribution in [0.25, 0.3) is 0 Å². The molecular weight excluding hydrogens is 252 g/mol. The Morgan fingerprint density at radius 3 is 1.24 bits per heavy atom. The predicted octanol–water partition coefficient (Wildman–Crippen LogP) is 8.29. The topological polar surface area (TPSA) is 0 Å². The molecule has 0 heterocycles. The van der Waals surface area contributed by atoms with Crippen molar-refractivity contribution in [2.75, 3.05) is 0 Å². The average Bonchev–Trinajstić information content (AvgIpc) is 2.52. The summed E-state index contributed by atoms with van der Waals surface area (Å²) in [4.78, 5) is 0. The molecule has 0 aliphatic rings. The average molecular weight is 297 g/mol. The number of hydrogen-bond acceptors (Lipinski definition) is 0. The van der Waals surface area contributed by atoms with Crippen molar-refractivity contribution in [3.05, 3.63) is 0 Å². The largest absolute Gasteiger partial charge is 0.0654 e. The highest BCUT2D eigenvalue weighted by molar-refractivity contribution is 4.76. The van der Waals surface area contributed by atoms with E-state index in [-0.39, 0.29) is 0 Å². The van der Waals surface area contributed by atoms with E-state index >= 15 is 0 Å². The van der Waals surface area contributed by atoms with Crippen LogP contribution in [0.15, 0.2) is 0 Å². The molecule has 0 bridgehead atoms. The molecule has 0 atom stereocenters. The Morgan fingerprint density at radius 2 is 0.810 bits per heavy atom. The minimum absolute atomic E-state index is 0.677. The molecule has 0 rings (SSSR count). The van der Waals surface area contributed by atoms with Crippen molar-refractivity contribution in [3.63, 3.8) is 0 Å². The lowest BCUT2D eigenvalue weighted by molar-refractivity contribution is 0.204. The van der Waals surface area contributed by atoms with Crippen LogP contribution in [0, 0.1) is 5.41 Å². The summed E-state index contributed by atoms with van der Waals surface area (Å²) < 4.78 is 0. The van der Waals surface area contributed by atoms with E-state index in [1.807, 2.05) is 0 Å². The molecule has 0 saturated heterocycles. The fraction of sp³-hybridized carbons (Fsp3) is 1.00. The van der Waals surface area contributed by atoms with Gasteiger partial charge in [-0.3, -0.25) is 0 Å². The summed E-state index contributed by atoms with van der Waals surface area (Å²) in [6.07, 6.45) is 23.1. The fourth-order valence-corrected chi connectivity index (χ4v) is 3.62. The Hall–Kier alpha value is 0. The van der Waals surface area contributed by atoms with E-state index in [9.17, 15) is 0 Å². The monoisotopic (exact) mass is 296 g/mol. The van der Waals surface area contributed by atoms with Crippen LogP contribution >= 0.6 is 0 Å². The third-order valence-corrected chi connectivity index (χ3v) is 5.62. The highest BCUT2D eigenvalue weighted by atomic mass is 14.3. The van der Waals surface area contributed by atoms with Gasteiger partial charge in [0.1, 0.15) is 0 Å². The van der Waals surface area contributed by atoms with Gasteiger partial charge in [0.25, 0.3) is 0 Å². The maximum atomic E-state index is 2.41. The molecule has 128 valence electrons. The molecule has 0 fully saturated rings. The van der Waals surface area contributed by atoms with Gasteiger partial charge in [0, 0.05) is 0 Å². The molecule has 0 spiro atoms. The summed E-state index contributed by atoms with van der Waals surface area (Å²) in [5.74, 6) is 0. The minimum Gasteiger partial charge on any atom is -0.0654 e. The van der Waals surface area contributed by atoms with Crippen molar-refractivity contribution >= 4 is 0 Å². The van der Waals surface area contributed by atoms with Gasteiger partial charge in [0.05, 0.1) is 0 Å². The SMILES string of the molecule is CCCCCCCCCCCCC(CC)(CC)CCCC. The third kappa shape index (κ3) is 11.2. The Labute approximate surface area is 136 Å². The number of unbranched alkanes of at least 4 members (excludes halogenated alkanes) is 10. The van der Waals surface area contributed by atoms with Gasteiger partial charge in [-0.15, -0.1) is 0 Å². The second-order valence-corrected chi connectivity index (χ2v) is 7.24. The fourth-order valence-electron chi connectivity index (χ4n) is 3.62. The quantitative estimate of drug-likeness (QED) is 0.251. The van der Waals surface area contributed by atoms with Gasteiger partial charge in [-0.25, -0.2) is 0 Å². The van der Waals surface area contributed by atoms with Crippen LogP contribution in [-0.4, -0.2) is 0 Å². The standard InChI is InChI=1S/C21H44/c1-5-9-11-12-13-14-15-16-17-18-20-21(7-3,8-4)19-10-6-2/h5-20H2,1-4H3. The second kappa shape index (κ2) is 14.9. The van der Waals surface area contributed by atoms with Gasteiger partial charge in [-0.2, -0.15) is 0 Å². The molecule has 0 saturated carbocycles. The van der Waals surface area contributed by atoms with E-state index in [1.165, 1.54) is 103 Å². The lowest BCUT2D eigenvalue weighted by Gasteiger charge is -2.32. The maximum absolute atomic E-state index is 2.41. The van der Waals surface area contributed by atoms with E-state index in [1.54, 1.807) is 0 Å². The molecule has 0 N–H and O–H groups in total. The van der Waals surface area contributed by atoms with Crippen molar-refractivity contribution < 1.29 is 0 Å². The van der Waals surface area contributed by atoms with Gasteiger partial charge >= 0.3 is 0 Å². The smallest absolute Gasteiger partial charge is 0.0303 e. The van der Waals surface area contributed by atoms with Crippen molar-refractivity contribution in [2.24, 2.45) is 5.41 Å². The van der Waals surface area contributed by atoms with Crippen molar-refractivity contribution in [1.29, 1.82) is 0 Å². The normalized spacial score (nSPS) is 12.0. The molecular formula is C21H44. The molecule has 21 heavy (non-hydrogen) atoms. The van der Waals surface area contributed by atoms with Crippen LogP contribution < -0.4 is 0 Å². The molecule has 0 nitrogen and oxygen atoms in total. The summed E-state index contributed by atoms with van der Waals surface area (Å²) in [6, 6.07) is 0. The molecule has 0 radical (unpaired) electrons. The summed E-state index contributed by atoms with van der Waals surface area (Å²) >= 11 is 0. The third-order valence-electron chi connectivity index (χ3n) is 5.62. The number of hydrogen-bond donors (Lipinski definition) is 0. The highest BCUT2D eigenvalue weighted by Crippen LogP contribution is 2.38. The van der Waals surface area contributed by atoms with Crippen LogP contribution in [0.4, 0.5) is 0 Å². The molecule has 0 aliphatic carbocycles. The zero-order valence-corrected chi connectivity index (χ0v) is 15.8. The van der Waals surface area contributed by atoms with Gasteiger partial charge in [-0.1, -0.05) is 118 Å². The second-order valence-electron chi connectivity index (χ2n) is 7.24. The van der Waals surface area contributed by atoms with Crippen LogP contribution in [0.3, 0.4) is 0 Å². The summed E-state index contributed by atoms with van der Waals surface area (Å²) in [5, 5.41) is 0. The zero-order valence-electron chi connectivity index (χ0n) is 15.8. The van der Waals surface area contributed by atoms with Crippen LogP contribution in [0.2, 0.25) is 0 Å². The Bertz CT molecular complexity index is 190. The van der Waals surface area contributed by atoms with Gasteiger partial charge in [0.15, 0.2) is 0 Å². The molecule has 0 heteroatoms. The lowest BCUT2D eigenvalue weighted by atomic mass is 9.74. The first-order chi connectivity index (χ1) is 10.2. The first kappa shape index (κ1) is 21.0. The lowest BCUT2D eigenvalue weighted by Crippen LogP contribution is -2.18. The highest BCUT2D eigenvalue weighted by Gasteiger charge is 2.24. The Morgan fingerprint density at radius 1 is 0.429 bits per heavy atom. The number of rotatable bonds is 16. The molecule has 0 aromatic heterocycles. The minimum atomic E-state index is 0.677. The summed E-state index contributed by atoms with van der Waals surface area (Å²) in [6.45, 7) is 9.45. The van der Waals surface area contributed by atoms with E-state index in [2.05, 4.69) is 27.7 Å². The van der Waals surface area contributed by atoms with E-state index in [4.69, 9.17) is 0 Å². The first-order valence-corrected chi connectivity index (χ1v) is 10.2. The zero-order chi connectivity index (χ0) is 15.8. The van der Waals surface area contributed by atoms with Gasteiger partial charge in [-0.05, 0) is 18.3 Å². The van der Waals surface area contributed by atoms with Crippen LogP contribution in [0.1, 0.15) is 130 Å². The molecule has 0 unspecified atom stereocenters. The van der Waals surface area contributed by atoms with Gasteiger partial charge in [0.2, 0.25) is 0 Å². The predicted molar refractivity (Wildman–Crippen MR) is 99.0 cm³/mol. The van der Waals surface area contributed by atoms with E-state index < -0.39 is 0 Å². The van der Waals surface area contributed by atoms with Crippen molar-refractivity contribution in [2.45, 2.75) is 130 Å². The maximum Gasteiger partial charge on any atom is -0.0303 e. The van der Waals surface area contributed by atoms with E-state index in [0.717, 1.165) is 0 Å². The van der Waals surface area contributed by atoms with Gasteiger partial charge < -0.3 is 0 Å². The molecule has 0 amide bonds. The molecule has 0 aromatic rings. The Kier molecular flexibility index (Phi) is 14.9.